The molecule has 0 spiro atoms. The highest BCUT2D eigenvalue weighted by atomic mass is 35.5. The summed E-state index contributed by atoms with van der Waals surface area (Å²) < 4.78 is 3.89. The van der Waals surface area contributed by atoms with E-state index in [0.29, 0.717) is 5.02 Å². The van der Waals surface area contributed by atoms with Crippen molar-refractivity contribution in [2.75, 3.05) is 0 Å². The zero-order valence-corrected chi connectivity index (χ0v) is 9.93. The molecule has 0 aliphatic rings. The molecule has 1 aromatic carbocycles. The van der Waals surface area contributed by atoms with Crippen LogP contribution in [0.15, 0.2) is 18.2 Å². The topological polar surface area (TPSA) is 54.5 Å². The molecule has 0 aliphatic heterocycles. The normalized spacial score (nSPS) is 11.1. The Hall–Kier alpha value is -1.46. The molecule has 6 heteroatoms. The van der Waals surface area contributed by atoms with E-state index >= 15 is 0 Å². The van der Waals surface area contributed by atoms with Crippen molar-refractivity contribution in [3.05, 3.63) is 28.9 Å². The van der Waals surface area contributed by atoms with Gasteiger partial charge in [-0.15, -0.1) is 5.10 Å². The van der Waals surface area contributed by atoms with Gasteiger partial charge < -0.3 is 4.98 Å². The number of nitrogens with one attached hydrogen (secondary N) is 1. The number of aromatic amines is 1. The average Bonchev–Trinajstić information content (AvgIpc) is 2.84. The van der Waals surface area contributed by atoms with Gasteiger partial charge in [0.25, 0.3) is 0 Å². The van der Waals surface area contributed by atoms with Crippen LogP contribution in [0.25, 0.3) is 21.7 Å². The van der Waals surface area contributed by atoms with E-state index in [1.54, 1.807) is 0 Å². The van der Waals surface area contributed by atoms with Crippen molar-refractivity contribution in [1.82, 2.24) is 19.6 Å². The van der Waals surface area contributed by atoms with Crippen LogP contribution in [0, 0.1) is 6.92 Å². The Morgan fingerprint density at radius 1 is 1.38 bits per heavy atom. The molecule has 0 bridgehead atoms. The van der Waals surface area contributed by atoms with Crippen LogP contribution in [0.4, 0.5) is 0 Å². The Labute approximate surface area is 100 Å². The van der Waals surface area contributed by atoms with Crippen molar-refractivity contribution < 1.29 is 0 Å². The van der Waals surface area contributed by atoms with E-state index in [1.165, 1.54) is 11.5 Å². The highest BCUT2D eigenvalue weighted by Gasteiger charge is 2.12. The van der Waals surface area contributed by atoms with Crippen LogP contribution in [0.2, 0.25) is 5.02 Å². The Balaban J connectivity index is 2.27. The van der Waals surface area contributed by atoms with Crippen LogP contribution >= 0.6 is 23.1 Å². The lowest BCUT2D eigenvalue weighted by Crippen LogP contribution is -1.79. The van der Waals surface area contributed by atoms with E-state index in [-0.39, 0.29) is 0 Å². The van der Waals surface area contributed by atoms with E-state index in [4.69, 9.17) is 11.6 Å². The maximum atomic E-state index is 6.06. The molecule has 80 valence electrons. The van der Waals surface area contributed by atoms with Crippen LogP contribution < -0.4 is 0 Å². The van der Waals surface area contributed by atoms with Crippen molar-refractivity contribution in [2.45, 2.75) is 6.92 Å². The lowest BCUT2D eigenvalue weighted by atomic mass is 10.3. The van der Waals surface area contributed by atoms with E-state index in [0.717, 1.165) is 27.4 Å². The maximum Gasteiger partial charge on any atom is 0.152 e. The Kier molecular flexibility index (Phi) is 2.15. The highest BCUT2D eigenvalue weighted by Crippen LogP contribution is 2.28. The SMILES string of the molecule is Cc1nnsc1-c1nc2c(Cl)cccc2[nH]1. The number of H-pyrrole nitrogens is 1. The number of aryl methyl sites for hydroxylation is 1. The summed E-state index contributed by atoms with van der Waals surface area (Å²) in [6.07, 6.45) is 0. The molecular weight excluding hydrogens is 244 g/mol. The fourth-order valence-corrected chi connectivity index (χ4v) is 2.37. The van der Waals surface area contributed by atoms with E-state index in [2.05, 4.69) is 19.6 Å². The summed E-state index contributed by atoms with van der Waals surface area (Å²) in [5.41, 5.74) is 2.59. The fraction of sp³-hybridized carbons (Fsp3) is 0.100. The third kappa shape index (κ3) is 1.40. The molecule has 3 aromatic rings. The van der Waals surface area contributed by atoms with E-state index in [9.17, 15) is 0 Å². The second-order valence-corrected chi connectivity index (χ2v) is 4.57. The average molecular weight is 251 g/mol. The van der Waals surface area contributed by atoms with Crippen molar-refractivity contribution >= 4 is 34.2 Å². The first kappa shape index (κ1) is 9.74. The number of para-hydroxylation sites is 1. The van der Waals surface area contributed by atoms with Gasteiger partial charge in [-0.1, -0.05) is 22.2 Å². The van der Waals surface area contributed by atoms with Gasteiger partial charge in [0.2, 0.25) is 0 Å². The number of nitrogens with zero attached hydrogens (tertiary/aromatic N) is 3. The number of imidazole rings is 1. The largest absolute Gasteiger partial charge is 0.337 e. The third-order valence-corrected chi connectivity index (χ3v) is 3.47. The summed E-state index contributed by atoms with van der Waals surface area (Å²) in [7, 11) is 0. The summed E-state index contributed by atoms with van der Waals surface area (Å²) in [6.45, 7) is 1.91. The van der Waals surface area contributed by atoms with Crippen LogP contribution in [0.3, 0.4) is 0 Å². The highest BCUT2D eigenvalue weighted by molar-refractivity contribution is 7.09. The lowest BCUT2D eigenvalue weighted by molar-refractivity contribution is 1.09. The monoisotopic (exact) mass is 250 g/mol. The Morgan fingerprint density at radius 2 is 2.25 bits per heavy atom. The summed E-state index contributed by atoms with van der Waals surface area (Å²) in [5, 5.41) is 4.61. The lowest BCUT2D eigenvalue weighted by Gasteiger charge is -1.88. The van der Waals surface area contributed by atoms with Crippen molar-refractivity contribution in [3.8, 4) is 10.7 Å². The smallest absolute Gasteiger partial charge is 0.152 e. The standard InChI is InChI=1S/C10H7ClN4S/c1-5-9(16-15-14-5)10-12-7-4-2-3-6(11)8(7)13-10/h2-4H,1H3,(H,12,13). The van der Waals surface area contributed by atoms with Gasteiger partial charge in [-0.25, -0.2) is 4.98 Å². The first-order valence-electron chi connectivity index (χ1n) is 4.69. The Morgan fingerprint density at radius 3 is 2.94 bits per heavy atom. The van der Waals surface area contributed by atoms with Crippen molar-refractivity contribution in [3.63, 3.8) is 0 Å². The first-order valence-corrected chi connectivity index (χ1v) is 5.84. The molecule has 0 aliphatic carbocycles. The fourth-order valence-electron chi connectivity index (χ4n) is 1.55. The number of rotatable bonds is 1. The molecule has 0 saturated carbocycles. The van der Waals surface area contributed by atoms with Crippen LogP contribution in [-0.2, 0) is 0 Å². The predicted molar refractivity (Wildman–Crippen MR) is 64.7 cm³/mol. The molecule has 0 radical (unpaired) electrons. The molecular formula is C10H7ClN4S. The molecule has 1 N–H and O–H groups in total. The number of hydrogen-bond acceptors (Lipinski definition) is 4. The molecule has 16 heavy (non-hydrogen) atoms. The van der Waals surface area contributed by atoms with Crippen LogP contribution in [0.1, 0.15) is 5.69 Å². The zero-order valence-electron chi connectivity index (χ0n) is 8.36. The molecule has 0 unspecified atom stereocenters. The van der Waals surface area contributed by atoms with Gasteiger partial charge in [-0.3, -0.25) is 0 Å². The molecule has 2 heterocycles. The minimum absolute atomic E-state index is 0.648. The van der Waals surface area contributed by atoms with Gasteiger partial charge >= 0.3 is 0 Å². The Bertz CT molecular complexity index is 658. The van der Waals surface area contributed by atoms with Crippen molar-refractivity contribution in [1.29, 1.82) is 0 Å². The van der Waals surface area contributed by atoms with Gasteiger partial charge in [-0.05, 0) is 30.6 Å². The van der Waals surface area contributed by atoms with Gasteiger partial charge in [0, 0.05) is 0 Å². The van der Waals surface area contributed by atoms with Gasteiger partial charge in [0.1, 0.15) is 10.4 Å². The molecule has 0 atom stereocenters. The quantitative estimate of drug-likeness (QED) is 0.722. The van der Waals surface area contributed by atoms with Crippen molar-refractivity contribution in [2.24, 2.45) is 0 Å². The third-order valence-electron chi connectivity index (χ3n) is 2.33. The number of halogens is 1. The second kappa shape index (κ2) is 3.54. The van der Waals surface area contributed by atoms with Gasteiger partial charge in [-0.2, -0.15) is 0 Å². The summed E-state index contributed by atoms with van der Waals surface area (Å²) in [6, 6.07) is 5.66. The van der Waals surface area contributed by atoms with Crippen LogP contribution in [0.5, 0.6) is 0 Å². The molecule has 0 saturated heterocycles. The first-order chi connectivity index (χ1) is 7.75. The molecule has 4 nitrogen and oxygen atoms in total. The summed E-state index contributed by atoms with van der Waals surface area (Å²) in [4.78, 5) is 8.62. The summed E-state index contributed by atoms with van der Waals surface area (Å²) >= 11 is 7.39. The molecule has 0 amide bonds. The zero-order chi connectivity index (χ0) is 11.1. The van der Waals surface area contributed by atoms with Gasteiger partial charge in [0.15, 0.2) is 5.82 Å². The maximum absolute atomic E-state index is 6.06. The molecule has 0 fully saturated rings. The number of hydrogen-bond donors (Lipinski definition) is 1. The predicted octanol–water partition coefficient (Wildman–Crippen LogP) is 3.04. The van der Waals surface area contributed by atoms with E-state index in [1.807, 2.05) is 25.1 Å². The second-order valence-electron chi connectivity index (χ2n) is 3.41. The molecule has 2 aromatic heterocycles. The summed E-state index contributed by atoms with van der Waals surface area (Å²) in [5.74, 6) is 0.774. The van der Waals surface area contributed by atoms with Gasteiger partial charge in [0.05, 0.1) is 16.2 Å². The van der Waals surface area contributed by atoms with Crippen LogP contribution in [-0.4, -0.2) is 19.6 Å². The minimum Gasteiger partial charge on any atom is -0.337 e. The number of aromatic nitrogens is 4. The van der Waals surface area contributed by atoms with E-state index < -0.39 is 0 Å². The minimum atomic E-state index is 0.648. The number of benzene rings is 1. The molecule has 3 rings (SSSR count). The number of fused-ring (bicyclic) bond motifs is 1.